The van der Waals surface area contributed by atoms with E-state index in [0.717, 1.165) is 6.07 Å². The molecule has 6 nitrogen and oxygen atoms in total. The highest BCUT2D eigenvalue weighted by molar-refractivity contribution is 6.31. The number of ether oxygens (including phenoxy) is 1. The van der Waals surface area contributed by atoms with Crippen LogP contribution in [0.4, 0.5) is 20.2 Å². The summed E-state index contributed by atoms with van der Waals surface area (Å²) in [5.74, 6) is -3.40. The van der Waals surface area contributed by atoms with Crippen LogP contribution in [-0.4, -0.2) is 30.9 Å². The molecule has 0 spiro atoms. The van der Waals surface area contributed by atoms with Crippen LogP contribution in [0.3, 0.4) is 0 Å². The SMILES string of the molecule is O=C(COC(=O)[C@H]1CC(=O)N(c2ccc(F)cc2)C1)Nc1ccc(F)c(Cl)c1. The number of amides is 2. The number of hydrogen-bond donors (Lipinski definition) is 1. The summed E-state index contributed by atoms with van der Waals surface area (Å²) in [6.07, 6.45) is -0.0641. The van der Waals surface area contributed by atoms with E-state index in [1.54, 1.807) is 0 Å². The van der Waals surface area contributed by atoms with Crippen molar-refractivity contribution in [3.05, 3.63) is 59.1 Å². The van der Waals surface area contributed by atoms with Crippen molar-refractivity contribution in [3.63, 3.8) is 0 Å². The van der Waals surface area contributed by atoms with Crippen LogP contribution in [0, 0.1) is 17.6 Å². The summed E-state index contributed by atoms with van der Waals surface area (Å²) in [6, 6.07) is 8.98. The Morgan fingerprint density at radius 2 is 1.89 bits per heavy atom. The predicted molar refractivity (Wildman–Crippen MR) is 97.9 cm³/mol. The van der Waals surface area contributed by atoms with E-state index in [-0.39, 0.29) is 29.6 Å². The van der Waals surface area contributed by atoms with Crippen LogP contribution in [-0.2, 0) is 19.1 Å². The van der Waals surface area contributed by atoms with Gasteiger partial charge < -0.3 is 15.0 Å². The average molecular weight is 409 g/mol. The normalized spacial score (nSPS) is 16.2. The van der Waals surface area contributed by atoms with Crippen molar-refractivity contribution in [3.8, 4) is 0 Å². The molecule has 1 N–H and O–H groups in total. The van der Waals surface area contributed by atoms with E-state index >= 15 is 0 Å². The number of rotatable bonds is 5. The molecule has 146 valence electrons. The van der Waals surface area contributed by atoms with Gasteiger partial charge in [0.2, 0.25) is 5.91 Å². The number of nitrogens with zero attached hydrogens (tertiary/aromatic N) is 1. The summed E-state index contributed by atoms with van der Waals surface area (Å²) < 4.78 is 31.1. The minimum atomic E-state index is -0.731. The highest BCUT2D eigenvalue weighted by atomic mass is 35.5. The third-order valence-electron chi connectivity index (χ3n) is 4.15. The molecule has 1 aliphatic heterocycles. The van der Waals surface area contributed by atoms with E-state index in [2.05, 4.69) is 5.32 Å². The van der Waals surface area contributed by atoms with Crippen molar-refractivity contribution in [2.24, 2.45) is 5.92 Å². The zero-order chi connectivity index (χ0) is 20.3. The zero-order valence-electron chi connectivity index (χ0n) is 14.5. The second-order valence-electron chi connectivity index (χ2n) is 6.17. The van der Waals surface area contributed by atoms with Crippen LogP contribution in [0.5, 0.6) is 0 Å². The first-order valence-corrected chi connectivity index (χ1v) is 8.69. The van der Waals surface area contributed by atoms with Gasteiger partial charge in [0.15, 0.2) is 6.61 Å². The van der Waals surface area contributed by atoms with Gasteiger partial charge in [0.05, 0.1) is 10.9 Å². The van der Waals surface area contributed by atoms with E-state index in [4.69, 9.17) is 16.3 Å². The molecule has 1 aliphatic rings. The Morgan fingerprint density at radius 1 is 1.18 bits per heavy atom. The molecule has 3 rings (SSSR count). The van der Waals surface area contributed by atoms with Gasteiger partial charge in [-0.05, 0) is 42.5 Å². The van der Waals surface area contributed by atoms with E-state index in [1.807, 2.05) is 0 Å². The summed E-state index contributed by atoms with van der Waals surface area (Å²) in [5.41, 5.74) is 0.735. The summed E-state index contributed by atoms with van der Waals surface area (Å²) in [7, 11) is 0. The number of carbonyl (C=O) groups excluding carboxylic acids is 3. The minimum Gasteiger partial charge on any atom is -0.455 e. The molecule has 0 bridgehead atoms. The van der Waals surface area contributed by atoms with Crippen molar-refractivity contribution >= 4 is 40.8 Å². The Bertz CT molecular complexity index is 921. The molecule has 1 fully saturated rings. The molecule has 28 heavy (non-hydrogen) atoms. The predicted octanol–water partition coefficient (Wildman–Crippen LogP) is 3.15. The lowest BCUT2D eigenvalue weighted by molar-refractivity contribution is -0.151. The van der Waals surface area contributed by atoms with E-state index in [1.165, 1.54) is 41.3 Å². The first-order chi connectivity index (χ1) is 13.3. The molecule has 2 amide bonds. The maximum atomic E-state index is 13.1. The molecule has 0 aliphatic carbocycles. The maximum Gasteiger partial charge on any atom is 0.311 e. The van der Waals surface area contributed by atoms with Crippen molar-refractivity contribution < 1.29 is 27.9 Å². The fourth-order valence-corrected chi connectivity index (χ4v) is 2.94. The Morgan fingerprint density at radius 3 is 2.57 bits per heavy atom. The summed E-state index contributed by atoms with van der Waals surface area (Å²) in [6.45, 7) is -0.479. The molecular formula is C19H15ClF2N2O4. The van der Waals surface area contributed by atoms with Crippen molar-refractivity contribution in [1.29, 1.82) is 0 Å². The van der Waals surface area contributed by atoms with Gasteiger partial charge in [0, 0.05) is 24.3 Å². The summed E-state index contributed by atoms with van der Waals surface area (Å²) >= 11 is 5.63. The number of hydrogen-bond acceptors (Lipinski definition) is 4. The van der Waals surface area contributed by atoms with Gasteiger partial charge >= 0.3 is 5.97 Å². The molecule has 2 aromatic carbocycles. The van der Waals surface area contributed by atoms with Crippen molar-refractivity contribution in [2.45, 2.75) is 6.42 Å². The highest BCUT2D eigenvalue weighted by Crippen LogP contribution is 2.26. The van der Waals surface area contributed by atoms with Gasteiger partial charge in [-0.1, -0.05) is 11.6 Å². The van der Waals surface area contributed by atoms with Crippen LogP contribution in [0.15, 0.2) is 42.5 Å². The van der Waals surface area contributed by atoms with Crippen LogP contribution in [0.1, 0.15) is 6.42 Å². The third-order valence-corrected chi connectivity index (χ3v) is 4.44. The minimum absolute atomic E-state index is 0.0641. The topological polar surface area (TPSA) is 75.7 Å². The van der Waals surface area contributed by atoms with E-state index < -0.39 is 36.0 Å². The molecule has 2 aromatic rings. The van der Waals surface area contributed by atoms with Crippen molar-refractivity contribution in [2.75, 3.05) is 23.4 Å². The van der Waals surface area contributed by atoms with Gasteiger partial charge in [-0.15, -0.1) is 0 Å². The number of carbonyl (C=O) groups is 3. The number of nitrogens with one attached hydrogen (secondary N) is 1. The highest BCUT2D eigenvalue weighted by Gasteiger charge is 2.36. The summed E-state index contributed by atoms with van der Waals surface area (Å²) in [5, 5.41) is 2.27. The Hall–Kier alpha value is -3.00. The first kappa shape index (κ1) is 19.8. The van der Waals surface area contributed by atoms with Gasteiger partial charge in [0.1, 0.15) is 11.6 Å². The lowest BCUT2D eigenvalue weighted by atomic mass is 10.1. The summed E-state index contributed by atoms with van der Waals surface area (Å²) in [4.78, 5) is 37.5. The molecule has 1 heterocycles. The molecule has 0 radical (unpaired) electrons. The molecule has 1 atom stereocenters. The van der Waals surface area contributed by atoms with Crippen LogP contribution < -0.4 is 10.2 Å². The maximum absolute atomic E-state index is 13.1. The van der Waals surface area contributed by atoms with Gasteiger partial charge in [0.25, 0.3) is 5.91 Å². The number of anilines is 2. The smallest absolute Gasteiger partial charge is 0.311 e. The number of esters is 1. The number of halogens is 3. The van der Waals surface area contributed by atoms with Gasteiger partial charge in [-0.25, -0.2) is 8.78 Å². The fraction of sp³-hybridized carbons (Fsp3) is 0.211. The third kappa shape index (κ3) is 4.64. The van der Waals surface area contributed by atoms with Crippen molar-refractivity contribution in [1.82, 2.24) is 0 Å². The van der Waals surface area contributed by atoms with Gasteiger partial charge in [-0.3, -0.25) is 14.4 Å². The lowest BCUT2D eigenvalue weighted by Gasteiger charge is -2.16. The molecule has 0 saturated carbocycles. The largest absolute Gasteiger partial charge is 0.455 e. The number of benzene rings is 2. The monoisotopic (exact) mass is 408 g/mol. The zero-order valence-corrected chi connectivity index (χ0v) is 15.2. The lowest BCUT2D eigenvalue weighted by Crippen LogP contribution is -2.28. The molecule has 0 aromatic heterocycles. The molecule has 9 heteroatoms. The van der Waals surface area contributed by atoms with E-state index in [0.29, 0.717) is 5.69 Å². The average Bonchev–Trinajstić information content (AvgIpc) is 3.05. The standard InChI is InChI=1S/C19H15ClF2N2O4/c20-15-8-13(3-6-16(15)22)23-17(25)10-28-19(27)11-7-18(26)24(9-11)14-4-1-12(21)2-5-14/h1-6,8,11H,7,9-10H2,(H,23,25)/t11-/m0/s1. The molecule has 0 unspecified atom stereocenters. The Kier molecular flexibility index (Phi) is 5.89. The molecular weight excluding hydrogens is 394 g/mol. The van der Waals surface area contributed by atoms with Crippen LogP contribution >= 0.6 is 11.6 Å². The van der Waals surface area contributed by atoms with Gasteiger partial charge in [-0.2, -0.15) is 0 Å². The molecule has 1 saturated heterocycles. The first-order valence-electron chi connectivity index (χ1n) is 8.31. The van der Waals surface area contributed by atoms with Crippen LogP contribution in [0.25, 0.3) is 0 Å². The Labute approximate surface area is 164 Å². The quantitative estimate of drug-likeness (QED) is 0.771. The second-order valence-corrected chi connectivity index (χ2v) is 6.57. The fourth-order valence-electron chi connectivity index (χ4n) is 2.76. The second kappa shape index (κ2) is 8.35. The van der Waals surface area contributed by atoms with E-state index in [9.17, 15) is 23.2 Å². The Balaban J connectivity index is 1.52. The van der Waals surface area contributed by atoms with Crippen LogP contribution in [0.2, 0.25) is 5.02 Å².